The van der Waals surface area contributed by atoms with Crippen LogP contribution in [-0.4, -0.2) is 18.1 Å². The first-order valence-corrected chi connectivity index (χ1v) is 5.97. The maximum absolute atomic E-state index is 11.9. The number of benzene rings is 1. The predicted molar refractivity (Wildman–Crippen MR) is 62.4 cm³/mol. The molecule has 102 valence electrons. The predicted octanol–water partition coefficient (Wildman–Crippen LogP) is 3.68. The second kappa shape index (κ2) is 7.26. The minimum Gasteiger partial charge on any atom is -0.406 e. The van der Waals surface area contributed by atoms with Gasteiger partial charge in [-0.1, -0.05) is 25.0 Å². The summed E-state index contributed by atoms with van der Waals surface area (Å²) < 4.78 is 39.5. The summed E-state index contributed by atoms with van der Waals surface area (Å²) in [5.74, 6) is -0.188. The van der Waals surface area contributed by atoms with Crippen molar-refractivity contribution in [2.75, 3.05) is 6.61 Å². The van der Waals surface area contributed by atoms with Crippen LogP contribution in [0.25, 0.3) is 0 Å². The number of rotatable bonds is 7. The van der Waals surface area contributed by atoms with Crippen LogP contribution in [0.5, 0.6) is 5.75 Å². The molecule has 0 aliphatic carbocycles. The summed E-state index contributed by atoms with van der Waals surface area (Å²) in [5.41, 5.74) is 0.994. The van der Waals surface area contributed by atoms with Gasteiger partial charge in [-0.05, 0) is 37.0 Å². The van der Waals surface area contributed by atoms with Crippen LogP contribution in [0.3, 0.4) is 0 Å². The van der Waals surface area contributed by atoms with Crippen LogP contribution >= 0.6 is 0 Å². The highest BCUT2D eigenvalue weighted by atomic mass is 19.4. The molecule has 0 saturated heterocycles. The van der Waals surface area contributed by atoms with Gasteiger partial charge in [0, 0.05) is 6.61 Å². The second-order valence-electron chi connectivity index (χ2n) is 4.08. The molecular weight excluding hydrogens is 245 g/mol. The fraction of sp³-hybridized carbons (Fsp3) is 0.538. The van der Waals surface area contributed by atoms with Gasteiger partial charge in [-0.15, -0.1) is 13.2 Å². The molecule has 0 bridgehead atoms. The normalized spacial score (nSPS) is 11.6. The lowest BCUT2D eigenvalue weighted by molar-refractivity contribution is -0.274. The monoisotopic (exact) mass is 262 g/mol. The first-order chi connectivity index (χ1) is 8.51. The molecule has 1 N–H and O–H groups in total. The van der Waals surface area contributed by atoms with Gasteiger partial charge in [0.15, 0.2) is 0 Å². The van der Waals surface area contributed by atoms with Crippen LogP contribution in [0.4, 0.5) is 13.2 Å². The first-order valence-electron chi connectivity index (χ1n) is 5.97. The summed E-state index contributed by atoms with van der Waals surface area (Å²) in [4.78, 5) is 0. The molecule has 0 radical (unpaired) electrons. The van der Waals surface area contributed by atoms with E-state index in [0.29, 0.717) is 0 Å². The first kappa shape index (κ1) is 14.8. The molecule has 1 rings (SSSR count). The zero-order valence-electron chi connectivity index (χ0n) is 10.0. The van der Waals surface area contributed by atoms with E-state index in [1.165, 1.54) is 12.1 Å². The number of ether oxygens (including phenoxy) is 1. The van der Waals surface area contributed by atoms with Crippen LogP contribution in [0.2, 0.25) is 0 Å². The molecule has 0 saturated carbocycles. The van der Waals surface area contributed by atoms with Crippen LogP contribution < -0.4 is 4.74 Å². The van der Waals surface area contributed by atoms with Crippen molar-refractivity contribution in [3.63, 3.8) is 0 Å². The van der Waals surface area contributed by atoms with Crippen molar-refractivity contribution >= 4 is 0 Å². The molecule has 0 amide bonds. The molecule has 1 aromatic rings. The van der Waals surface area contributed by atoms with Gasteiger partial charge in [-0.3, -0.25) is 0 Å². The second-order valence-corrected chi connectivity index (χ2v) is 4.08. The summed E-state index contributed by atoms with van der Waals surface area (Å²) in [7, 11) is 0. The lowest BCUT2D eigenvalue weighted by Gasteiger charge is -2.09. The molecule has 0 fully saturated rings. The van der Waals surface area contributed by atoms with Crippen molar-refractivity contribution in [2.45, 2.75) is 38.5 Å². The van der Waals surface area contributed by atoms with E-state index in [2.05, 4.69) is 4.74 Å². The standard InChI is InChI=1S/C13H17F3O2/c14-13(15,16)18-12-8-6-11(7-9-12)5-3-1-2-4-10-17/h6-9,17H,1-5,10H2. The van der Waals surface area contributed by atoms with Crippen molar-refractivity contribution in [3.8, 4) is 5.75 Å². The Kier molecular flexibility index (Phi) is 5.98. The van der Waals surface area contributed by atoms with Gasteiger partial charge in [0.2, 0.25) is 0 Å². The van der Waals surface area contributed by atoms with E-state index in [1.807, 2.05) is 0 Å². The molecular formula is C13H17F3O2. The van der Waals surface area contributed by atoms with Crippen LogP contribution in [0.15, 0.2) is 24.3 Å². The zero-order chi connectivity index (χ0) is 13.4. The zero-order valence-corrected chi connectivity index (χ0v) is 10.0. The smallest absolute Gasteiger partial charge is 0.406 e. The minimum atomic E-state index is -4.63. The minimum absolute atomic E-state index is 0.188. The molecule has 0 spiro atoms. The number of hydrogen-bond donors (Lipinski definition) is 1. The number of hydrogen-bond acceptors (Lipinski definition) is 2. The Balaban J connectivity index is 2.32. The topological polar surface area (TPSA) is 29.5 Å². The highest BCUT2D eigenvalue weighted by molar-refractivity contribution is 5.27. The van der Waals surface area contributed by atoms with Gasteiger partial charge in [0.05, 0.1) is 0 Å². The van der Waals surface area contributed by atoms with E-state index >= 15 is 0 Å². The quantitative estimate of drug-likeness (QED) is 0.759. The van der Waals surface area contributed by atoms with E-state index in [4.69, 9.17) is 5.11 Å². The fourth-order valence-electron chi connectivity index (χ4n) is 1.65. The Morgan fingerprint density at radius 1 is 0.944 bits per heavy atom. The highest BCUT2D eigenvalue weighted by Gasteiger charge is 2.30. The average molecular weight is 262 g/mol. The fourth-order valence-corrected chi connectivity index (χ4v) is 1.65. The van der Waals surface area contributed by atoms with Gasteiger partial charge in [0.1, 0.15) is 5.75 Å². The summed E-state index contributed by atoms with van der Waals surface area (Å²) in [6.07, 6.45) is -0.0332. The van der Waals surface area contributed by atoms with Gasteiger partial charge in [0.25, 0.3) is 0 Å². The number of unbranched alkanes of at least 4 members (excludes halogenated alkanes) is 3. The van der Waals surface area contributed by atoms with Crippen LogP contribution in [0, 0.1) is 0 Å². The Labute approximate surface area is 104 Å². The van der Waals surface area contributed by atoms with Crippen LogP contribution in [-0.2, 0) is 6.42 Å². The molecule has 5 heteroatoms. The van der Waals surface area contributed by atoms with E-state index in [-0.39, 0.29) is 12.4 Å². The van der Waals surface area contributed by atoms with E-state index in [0.717, 1.165) is 37.7 Å². The Morgan fingerprint density at radius 3 is 2.11 bits per heavy atom. The summed E-state index contributed by atoms with van der Waals surface area (Å²) in [5, 5.41) is 8.60. The van der Waals surface area contributed by atoms with Gasteiger partial charge in [-0.2, -0.15) is 0 Å². The molecule has 2 nitrogen and oxygen atoms in total. The van der Waals surface area contributed by atoms with E-state index < -0.39 is 6.36 Å². The largest absolute Gasteiger partial charge is 0.573 e. The number of aryl methyl sites for hydroxylation is 1. The SMILES string of the molecule is OCCCCCCc1ccc(OC(F)(F)F)cc1. The van der Waals surface area contributed by atoms with Crippen molar-refractivity contribution in [1.82, 2.24) is 0 Å². The Hall–Kier alpha value is -1.23. The number of aliphatic hydroxyl groups excluding tert-OH is 1. The van der Waals surface area contributed by atoms with Crippen molar-refractivity contribution < 1.29 is 23.0 Å². The molecule has 0 unspecified atom stereocenters. The molecule has 18 heavy (non-hydrogen) atoms. The third-order valence-electron chi connectivity index (χ3n) is 2.53. The number of halogens is 3. The van der Waals surface area contributed by atoms with Gasteiger partial charge in [-0.25, -0.2) is 0 Å². The molecule has 0 heterocycles. The molecule has 0 aliphatic heterocycles. The van der Waals surface area contributed by atoms with E-state index in [9.17, 15) is 13.2 Å². The van der Waals surface area contributed by atoms with Gasteiger partial charge < -0.3 is 9.84 Å². The summed E-state index contributed by atoms with van der Waals surface area (Å²) in [6.45, 7) is 0.212. The summed E-state index contributed by atoms with van der Waals surface area (Å²) in [6, 6.07) is 5.95. The molecule has 0 aromatic heterocycles. The Morgan fingerprint density at radius 2 is 1.56 bits per heavy atom. The van der Waals surface area contributed by atoms with Crippen LogP contribution in [0.1, 0.15) is 31.2 Å². The Bertz CT molecular complexity index is 333. The molecule has 1 aromatic carbocycles. The van der Waals surface area contributed by atoms with Gasteiger partial charge >= 0.3 is 6.36 Å². The highest BCUT2D eigenvalue weighted by Crippen LogP contribution is 2.23. The maximum atomic E-state index is 11.9. The average Bonchev–Trinajstić information content (AvgIpc) is 2.29. The lowest BCUT2D eigenvalue weighted by Crippen LogP contribution is -2.17. The third-order valence-corrected chi connectivity index (χ3v) is 2.53. The number of alkyl halides is 3. The maximum Gasteiger partial charge on any atom is 0.573 e. The van der Waals surface area contributed by atoms with Crippen molar-refractivity contribution in [1.29, 1.82) is 0 Å². The van der Waals surface area contributed by atoms with Crippen molar-refractivity contribution in [2.24, 2.45) is 0 Å². The van der Waals surface area contributed by atoms with Crippen molar-refractivity contribution in [3.05, 3.63) is 29.8 Å². The summed E-state index contributed by atoms with van der Waals surface area (Å²) >= 11 is 0. The third kappa shape index (κ3) is 6.49. The molecule has 0 aliphatic rings. The lowest BCUT2D eigenvalue weighted by atomic mass is 10.1. The molecule has 0 atom stereocenters. The van der Waals surface area contributed by atoms with E-state index in [1.54, 1.807) is 12.1 Å². The number of aliphatic hydroxyl groups is 1.